The van der Waals surface area contributed by atoms with E-state index in [4.69, 9.17) is 0 Å². The van der Waals surface area contributed by atoms with Crippen molar-refractivity contribution < 1.29 is 9.90 Å². The second kappa shape index (κ2) is 9.72. The molecule has 0 spiro atoms. The minimum Gasteiger partial charge on any atom is -0.506 e. The SMILES string of the molecule is CC[C@H](Cc1c(I)cc(I)c(O)c1I)C(=O)N[C@H](C)c1ccccc1. The maximum Gasteiger partial charge on any atom is 0.223 e. The topological polar surface area (TPSA) is 49.3 Å². The Labute approximate surface area is 189 Å². The predicted octanol–water partition coefficient (Wildman–Crippen LogP) is 5.65. The van der Waals surface area contributed by atoms with Gasteiger partial charge in [-0.3, -0.25) is 4.79 Å². The molecule has 0 bridgehead atoms. The highest BCUT2D eigenvalue weighted by Gasteiger charge is 2.23. The van der Waals surface area contributed by atoms with Crippen molar-refractivity contribution in [2.45, 2.75) is 32.7 Å². The smallest absolute Gasteiger partial charge is 0.223 e. The van der Waals surface area contributed by atoms with E-state index in [1.165, 1.54) is 0 Å². The third-order valence-electron chi connectivity index (χ3n) is 4.21. The van der Waals surface area contributed by atoms with Crippen molar-refractivity contribution in [1.29, 1.82) is 0 Å². The highest BCUT2D eigenvalue weighted by atomic mass is 127. The number of carbonyl (C=O) groups excluding carboxylic acids is 1. The molecule has 6 heteroatoms. The molecule has 0 aliphatic heterocycles. The normalized spacial score (nSPS) is 13.3. The first-order valence-corrected chi connectivity index (χ1v) is 11.3. The summed E-state index contributed by atoms with van der Waals surface area (Å²) in [6.07, 6.45) is 1.39. The fourth-order valence-electron chi connectivity index (χ4n) is 2.63. The van der Waals surface area contributed by atoms with Crippen LogP contribution in [0.5, 0.6) is 5.75 Å². The van der Waals surface area contributed by atoms with E-state index in [-0.39, 0.29) is 17.9 Å². The van der Waals surface area contributed by atoms with Crippen molar-refractivity contribution in [3.8, 4) is 5.75 Å². The van der Waals surface area contributed by atoms with Gasteiger partial charge in [0, 0.05) is 9.49 Å². The Morgan fingerprint density at radius 1 is 1.16 bits per heavy atom. The number of carbonyl (C=O) groups is 1. The minimum absolute atomic E-state index is 0.0222. The minimum atomic E-state index is -0.118. The molecule has 0 aliphatic carbocycles. The van der Waals surface area contributed by atoms with Crippen LogP contribution < -0.4 is 5.32 Å². The van der Waals surface area contributed by atoms with Crippen molar-refractivity contribution in [3.05, 3.63) is 58.2 Å². The summed E-state index contributed by atoms with van der Waals surface area (Å²) in [5, 5.41) is 13.3. The summed E-state index contributed by atoms with van der Waals surface area (Å²) >= 11 is 6.59. The molecule has 2 aromatic carbocycles. The molecule has 0 radical (unpaired) electrons. The summed E-state index contributed by atoms with van der Waals surface area (Å²) in [6.45, 7) is 4.04. The lowest BCUT2D eigenvalue weighted by molar-refractivity contribution is -0.125. The van der Waals surface area contributed by atoms with Crippen molar-refractivity contribution in [3.63, 3.8) is 0 Å². The van der Waals surface area contributed by atoms with Crippen molar-refractivity contribution in [1.82, 2.24) is 5.32 Å². The highest BCUT2D eigenvalue weighted by molar-refractivity contribution is 14.1. The predicted molar refractivity (Wildman–Crippen MR) is 127 cm³/mol. The van der Waals surface area contributed by atoms with E-state index in [2.05, 4.69) is 73.1 Å². The van der Waals surface area contributed by atoms with Crippen LogP contribution in [0.1, 0.15) is 37.4 Å². The number of halogens is 3. The zero-order valence-corrected chi connectivity index (χ0v) is 20.5. The van der Waals surface area contributed by atoms with Crippen LogP contribution in [0.25, 0.3) is 0 Å². The molecule has 3 nitrogen and oxygen atoms in total. The Morgan fingerprint density at radius 2 is 1.80 bits per heavy atom. The van der Waals surface area contributed by atoms with E-state index in [9.17, 15) is 9.90 Å². The highest BCUT2D eigenvalue weighted by Crippen LogP contribution is 2.34. The second-order valence-corrected chi connectivity index (χ2v) is 9.33. The van der Waals surface area contributed by atoms with Crippen LogP contribution in [0.4, 0.5) is 0 Å². The number of aromatic hydroxyl groups is 1. The Bertz CT molecular complexity index is 750. The monoisotopic (exact) mass is 675 g/mol. The molecule has 2 N–H and O–H groups in total. The average molecular weight is 675 g/mol. The number of hydrogen-bond acceptors (Lipinski definition) is 2. The first-order valence-electron chi connectivity index (χ1n) is 8.05. The Kier molecular flexibility index (Phi) is 8.25. The molecule has 0 unspecified atom stereocenters. The summed E-state index contributed by atoms with van der Waals surface area (Å²) < 4.78 is 2.77. The lowest BCUT2D eigenvalue weighted by atomic mass is 9.95. The van der Waals surface area contributed by atoms with Gasteiger partial charge in [0.15, 0.2) is 0 Å². The molecule has 2 aromatic rings. The maximum atomic E-state index is 12.8. The molecule has 134 valence electrons. The number of rotatable bonds is 6. The molecule has 2 atom stereocenters. The molecule has 0 aliphatic rings. The van der Waals surface area contributed by atoms with Gasteiger partial charge in [-0.15, -0.1) is 0 Å². The van der Waals surface area contributed by atoms with Crippen LogP contribution in [0.2, 0.25) is 0 Å². The fraction of sp³-hybridized carbons (Fsp3) is 0.316. The van der Waals surface area contributed by atoms with Gasteiger partial charge in [-0.05, 0) is 105 Å². The molecule has 2 rings (SSSR count). The van der Waals surface area contributed by atoms with Gasteiger partial charge in [-0.1, -0.05) is 37.3 Å². The Morgan fingerprint density at radius 3 is 2.40 bits per heavy atom. The first kappa shape index (κ1) is 21.2. The maximum absolute atomic E-state index is 12.8. The van der Waals surface area contributed by atoms with E-state index in [0.717, 1.165) is 28.3 Å². The number of hydrogen-bond donors (Lipinski definition) is 2. The van der Waals surface area contributed by atoms with E-state index < -0.39 is 0 Å². The number of amides is 1. The van der Waals surface area contributed by atoms with Gasteiger partial charge in [0.2, 0.25) is 5.91 Å². The zero-order chi connectivity index (χ0) is 18.6. The first-order chi connectivity index (χ1) is 11.8. The number of phenols is 1. The lowest BCUT2D eigenvalue weighted by Gasteiger charge is -2.21. The van der Waals surface area contributed by atoms with E-state index in [1.54, 1.807) is 0 Å². The van der Waals surface area contributed by atoms with Gasteiger partial charge in [-0.25, -0.2) is 0 Å². The third-order valence-corrected chi connectivity index (χ3v) is 7.16. The van der Waals surface area contributed by atoms with Crippen molar-refractivity contribution >= 4 is 73.7 Å². The molecular formula is C19H20I3NO2. The summed E-state index contributed by atoms with van der Waals surface area (Å²) in [7, 11) is 0. The molecule has 0 saturated heterocycles. The zero-order valence-electron chi connectivity index (χ0n) is 14.0. The molecule has 0 heterocycles. The molecular weight excluding hydrogens is 655 g/mol. The van der Waals surface area contributed by atoms with Crippen molar-refractivity contribution in [2.75, 3.05) is 0 Å². The van der Waals surface area contributed by atoms with Crippen LogP contribution in [-0.2, 0) is 11.2 Å². The van der Waals surface area contributed by atoms with Gasteiger partial charge in [0.1, 0.15) is 5.75 Å². The van der Waals surface area contributed by atoms with Crippen LogP contribution in [0.3, 0.4) is 0 Å². The van der Waals surface area contributed by atoms with E-state index in [0.29, 0.717) is 12.2 Å². The van der Waals surface area contributed by atoms with Gasteiger partial charge < -0.3 is 10.4 Å². The molecule has 25 heavy (non-hydrogen) atoms. The number of phenolic OH excluding ortho intramolecular Hbond substituents is 1. The Balaban J connectivity index is 2.15. The molecule has 0 fully saturated rings. The quantitative estimate of drug-likeness (QED) is 0.390. The van der Waals surface area contributed by atoms with E-state index in [1.807, 2.05) is 50.2 Å². The third kappa shape index (κ3) is 5.44. The van der Waals surface area contributed by atoms with Crippen LogP contribution in [-0.4, -0.2) is 11.0 Å². The summed E-state index contributed by atoms with van der Waals surface area (Å²) in [4.78, 5) is 12.8. The molecule has 0 aromatic heterocycles. The summed E-state index contributed by atoms with van der Waals surface area (Å²) in [5.74, 6) is 0.251. The second-order valence-electron chi connectivity index (χ2n) is 5.93. The van der Waals surface area contributed by atoms with Gasteiger partial charge in [0.05, 0.1) is 13.2 Å². The molecule has 0 saturated carbocycles. The van der Waals surface area contributed by atoms with Crippen LogP contribution in [0.15, 0.2) is 36.4 Å². The summed E-state index contributed by atoms with van der Waals surface area (Å²) in [5.41, 5.74) is 2.15. The van der Waals surface area contributed by atoms with Gasteiger partial charge >= 0.3 is 0 Å². The fourth-order valence-corrected chi connectivity index (χ4v) is 6.44. The Hall–Kier alpha value is -0.1000. The standard InChI is InChI=1S/C19H20I3NO2/c1-3-12(9-14-15(20)10-16(21)18(24)17(14)22)19(25)23-11(2)13-7-5-4-6-8-13/h4-8,10-12,24H,3,9H2,1-2H3,(H,23,25)/t11-,12-/m1/s1. The van der Waals surface area contributed by atoms with Gasteiger partial charge in [0.25, 0.3) is 0 Å². The van der Waals surface area contributed by atoms with Crippen LogP contribution >= 0.6 is 67.8 Å². The number of benzene rings is 2. The largest absolute Gasteiger partial charge is 0.506 e. The number of nitrogens with one attached hydrogen (secondary N) is 1. The average Bonchev–Trinajstić information content (AvgIpc) is 2.60. The lowest BCUT2D eigenvalue weighted by Crippen LogP contribution is -2.33. The van der Waals surface area contributed by atoms with E-state index >= 15 is 0 Å². The summed E-state index contributed by atoms with van der Waals surface area (Å²) in [6, 6.07) is 11.9. The van der Waals surface area contributed by atoms with Crippen molar-refractivity contribution in [2.24, 2.45) is 5.92 Å². The molecule has 1 amide bonds. The van der Waals surface area contributed by atoms with Crippen LogP contribution in [0, 0.1) is 16.6 Å². The van der Waals surface area contributed by atoms with Gasteiger partial charge in [-0.2, -0.15) is 0 Å².